The molecule has 3 aliphatic rings. The largest absolute Gasteiger partial charge is 0.454 e. The number of amidine groups is 1. The molecule has 1 amide bonds. The summed E-state index contributed by atoms with van der Waals surface area (Å²) in [7, 11) is 1.64. The number of benzene rings is 2. The Morgan fingerprint density at radius 3 is 2.35 bits per heavy atom. The molecular weight excluding hydrogens is 468 g/mol. The molecular formula is C28H30N6O3. The van der Waals surface area contributed by atoms with Gasteiger partial charge in [-0.1, -0.05) is 24.3 Å². The van der Waals surface area contributed by atoms with Crippen LogP contribution in [-0.2, 0) is 11.8 Å². The number of amides is 1. The van der Waals surface area contributed by atoms with E-state index in [0.717, 1.165) is 73.3 Å². The molecule has 6 rings (SSSR count). The Balaban J connectivity index is 1.11. The zero-order chi connectivity index (χ0) is 25.4. The first-order valence-electron chi connectivity index (χ1n) is 12.8. The van der Waals surface area contributed by atoms with E-state index in [0.29, 0.717) is 13.1 Å². The van der Waals surface area contributed by atoms with Crippen molar-refractivity contribution in [2.45, 2.75) is 12.8 Å². The Kier molecular flexibility index (Phi) is 6.12. The molecule has 0 unspecified atom stereocenters. The molecule has 0 saturated carbocycles. The zero-order valence-electron chi connectivity index (χ0n) is 20.9. The number of hydrogen-bond donors (Lipinski definition) is 0. The van der Waals surface area contributed by atoms with Gasteiger partial charge < -0.3 is 19.4 Å². The van der Waals surface area contributed by atoms with Crippen LogP contribution in [0.2, 0.25) is 0 Å². The molecule has 0 aliphatic carbocycles. The molecule has 2 saturated heterocycles. The third-order valence-electron chi connectivity index (χ3n) is 7.49. The molecule has 0 bridgehead atoms. The molecule has 0 spiro atoms. The fourth-order valence-electron chi connectivity index (χ4n) is 5.32. The number of aryl methyl sites for hydroxylation is 1. The molecule has 3 aliphatic heterocycles. The summed E-state index contributed by atoms with van der Waals surface area (Å²) >= 11 is 0. The van der Waals surface area contributed by atoms with Crippen LogP contribution >= 0.6 is 0 Å². The Morgan fingerprint density at radius 2 is 1.59 bits per heavy atom. The van der Waals surface area contributed by atoms with E-state index in [2.05, 4.69) is 14.9 Å². The SMILES string of the molecule is Cn1ncc(N2CCC(C(=O)N3CCN(C4=Nc5ccccc5Oc5ccccc54)CC3)CC2)cc1=O. The molecule has 1 aromatic heterocycles. The van der Waals surface area contributed by atoms with Crippen LogP contribution in [0.4, 0.5) is 11.4 Å². The number of carbonyl (C=O) groups is 1. The molecule has 0 atom stereocenters. The van der Waals surface area contributed by atoms with E-state index in [9.17, 15) is 9.59 Å². The third kappa shape index (κ3) is 4.57. The maximum absolute atomic E-state index is 13.4. The summed E-state index contributed by atoms with van der Waals surface area (Å²) in [4.78, 5) is 36.7. The van der Waals surface area contributed by atoms with Gasteiger partial charge in [-0.05, 0) is 37.1 Å². The van der Waals surface area contributed by atoms with Gasteiger partial charge in [0.15, 0.2) is 5.75 Å². The molecule has 0 radical (unpaired) electrons. The first kappa shape index (κ1) is 23.3. The minimum absolute atomic E-state index is 0.0125. The van der Waals surface area contributed by atoms with Gasteiger partial charge in [0.25, 0.3) is 5.56 Å². The number of anilines is 1. The summed E-state index contributed by atoms with van der Waals surface area (Å²) in [6, 6.07) is 17.4. The summed E-state index contributed by atoms with van der Waals surface area (Å²) in [5.74, 6) is 2.68. The van der Waals surface area contributed by atoms with E-state index >= 15 is 0 Å². The molecule has 2 aromatic carbocycles. The van der Waals surface area contributed by atoms with E-state index in [1.807, 2.05) is 53.4 Å². The van der Waals surface area contributed by atoms with Crippen molar-refractivity contribution in [3.05, 3.63) is 76.7 Å². The number of nitrogens with zero attached hydrogens (tertiary/aromatic N) is 6. The monoisotopic (exact) mass is 498 g/mol. The second-order valence-electron chi connectivity index (χ2n) is 9.75. The van der Waals surface area contributed by atoms with Crippen molar-refractivity contribution in [1.82, 2.24) is 19.6 Å². The minimum Gasteiger partial charge on any atom is -0.454 e. The Hall–Kier alpha value is -4.14. The van der Waals surface area contributed by atoms with Crippen LogP contribution in [0.25, 0.3) is 0 Å². The zero-order valence-corrected chi connectivity index (χ0v) is 20.9. The highest BCUT2D eigenvalue weighted by Gasteiger charge is 2.32. The molecule has 0 N–H and O–H groups in total. The predicted molar refractivity (Wildman–Crippen MR) is 142 cm³/mol. The van der Waals surface area contributed by atoms with Gasteiger partial charge in [-0.15, -0.1) is 0 Å². The third-order valence-corrected chi connectivity index (χ3v) is 7.49. The van der Waals surface area contributed by atoms with Gasteiger partial charge in [-0.2, -0.15) is 5.10 Å². The first-order valence-corrected chi connectivity index (χ1v) is 12.8. The van der Waals surface area contributed by atoms with E-state index in [4.69, 9.17) is 9.73 Å². The summed E-state index contributed by atoms with van der Waals surface area (Å²) in [5.41, 5.74) is 2.49. The molecule has 3 aromatic rings. The number of hydrogen-bond acceptors (Lipinski definition) is 7. The van der Waals surface area contributed by atoms with Crippen LogP contribution in [0.5, 0.6) is 11.5 Å². The Bertz CT molecular complexity index is 1400. The first-order chi connectivity index (χ1) is 18.1. The number of fused-ring (bicyclic) bond motifs is 2. The second kappa shape index (κ2) is 9.72. The minimum atomic E-state index is -0.121. The normalized spacial score (nSPS) is 17.9. The lowest BCUT2D eigenvalue weighted by Crippen LogP contribution is -2.53. The van der Waals surface area contributed by atoms with Crippen molar-refractivity contribution < 1.29 is 9.53 Å². The van der Waals surface area contributed by atoms with Crippen LogP contribution in [-0.4, -0.2) is 70.6 Å². The lowest BCUT2D eigenvalue weighted by atomic mass is 9.94. The molecule has 4 heterocycles. The fraction of sp³-hybridized carbons (Fsp3) is 0.357. The number of piperidine rings is 1. The van der Waals surface area contributed by atoms with Crippen molar-refractivity contribution in [3.8, 4) is 11.5 Å². The van der Waals surface area contributed by atoms with Crippen LogP contribution in [0.1, 0.15) is 18.4 Å². The number of piperazine rings is 1. The Morgan fingerprint density at radius 1 is 0.892 bits per heavy atom. The molecule has 9 nitrogen and oxygen atoms in total. The molecule has 37 heavy (non-hydrogen) atoms. The van der Waals surface area contributed by atoms with Gasteiger partial charge in [-0.25, -0.2) is 9.67 Å². The highest BCUT2D eigenvalue weighted by Crippen LogP contribution is 2.38. The van der Waals surface area contributed by atoms with Crippen molar-refractivity contribution in [3.63, 3.8) is 0 Å². The van der Waals surface area contributed by atoms with E-state index < -0.39 is 0 Å². The van der Waals surface area contributed by atoms with Gasteiger partial charge in [-0.3, -0.25) is 9.59 Å². The Labute approximate surface area is 215 Å². The molecule has 2 fully saturated rings. The van der Waals surface area contributed by atoms with E-state index in [1.54, 1.807) is 19.3 Å². The van der Waals surface area contributed by atoms with E-state index in [-0.39, 0.29) is 17.4 Å². The van der Waals surface area contributed by atoms with Gasteiger partial charge >= 0.3 is 0 Å². The van der Waals surface area contributed by atoms with Crippen molar-refractivity contribution >= 4 is 23.1 Å². The molecule has 9 heteroatoms. The number of carbonyl (C=O) groups excluding carboxylic acids is 1. The fourth-order valence-corrected chi connectivity index (χ4v) is 5.32. The average molecular weight is 499 g/mol. The van der Waals surface area contributed by atoms with Gasteiger partial charge in [0.2, 0.25) is 5.91 Å². The standard InChI is InChI=1S/C28H30N6O3/c1-31-26(35)18-21(19-29-31)32-12-10-20(11-13-32)28(36)34-16-14-33(15-17-34)27-22-6-2-4-8-24(22)37-25-9-5-3-7-23(25)30-27/h2-9,18-20H,10-17H2,1H3. The average Bonchev–Trinajstić information content (AvgIpc) is 3.11. The molecule has 190 valence electrons. The van der Waals surface area contributed by atoms with Crippen LogP contribution < -0.4 is 15.2 Å². The highest BCUT2D eigenvalue weighted by molar-refractivity contribution is 6.03. The lowest BCUT2D eigenvalue weighted by Gasteiger charge is -2.39. The smallest absolute Gasteiger partial charge is 0.268 e. The van der Waals surface area contributed by atoms with Crippen LogP contribution in [0.15, 0.2) is 70.6 Å². The predicted octanol–water partition coefficient (Wildman–Crippen LogP) is 3.03. The number of para-hydroxylation sites is 3. The summed E-state index contributed by atoms with van der Waals surface area (Å²) < 4.78 is 7.51. The summed E-state index contributed by atoms with van der Waals surface area (Å²) in [6.45, 7) is 4.27. The van der Waals surface area contributed by atoms with Gasteiger partial charge in [0, 0.05) is 58.3 Å². The number of aromatic nitrogens is 2. The summed E-state index contributed by atoms with van der Waals surface area (Å²) in [6.07, 6.45) is 3.28. The highest BCUT2D eigenvalue weighted by atomic mass is 16.5. The maximum atomic E-state index is 13.4. The maximum Gasteiger partial charge on any atom is 0.268 e. The van der Waals surface area contributed by atoms with E-state index in [1.165, 1.54) is 4.68 Å². The second-order valence-corrected chi connectivity index (χ2v) is 9.75. The number of ether oxygens (including phenoxy) is 1. The quantitative estimate of drug-likeness (QED) is 0.540. The summed E-state index contributed by atoms with van der Waals surface area (Å²) in [5, 5.41) is 4.12. The van der Waals surface area contributed by atoms with Crippen LogP contribution in [0.3, 0.4) is 0 Å². The van der Waals surface area contributed by atoms with Crippen LogP contribution in [0, 0.1) is 5.92 Å². The van der Waals surface area contributed by atoms with Crippen molar-refractivity contribution in [1.29, 1.82) is 0 Å². The topological polar surface area (TPSA) is 83.3 Å². The number of rotatable bonds is 2. The van der Waals surface area contributed by atoms with Crippen molar-refractivity contribution in [2.24, 2.45) is 18.0 Å². The van der Waals surface area contributed by atoms with Gasteiger partial charge in [0.05, 0.1) is 17.4 Å². The van der Waals surface area contributed by atoms with Crippen molar-refractivity contribution in [2.75, 3.05) is 44.2 Å². The lowest BCUT2D eigenvalue weighted by molar-refractivity contribution is -0.137. The van der Waals surface area contributed by atoms with Gasteiger partial charge in [0.1, 0.15) is 17.3 Å². The number of aliphatic imine (C=N–C) groups is 1.